The molecule has 7 aromatic rings. The van der Waals surface area contributed by atoms with Gasteiger partial charge >= 0.3 is 0 Å². The average Bonchev–Trinajstić information content (AvgIpc) is 3.71. The Morgan fingerprint density at radius 1 is 0.597 bits per heavy atom. The van der Waals surface area contributed by atoms with Gasteiger partial charge in [0.05, 0.1) is 26.1 Å². The largest absolute Gasteiger partial charge is 0.354 e. The summed E-state index contributed by atoms with van der Waals surface area (Å²) in [7, 11) is 0. The molecule has 0 aromatic heterocycles. The number of Topliss-reactive ketones (excluding diaryl/α,β-unsaturated/α-hetero) is 1. The van der Waals surface area contributed by atoms with Crippen LogP contribution < -0.4 is 5.32 Å². The Morgan fingerprint density at radius 2 is 1.06 bits per heavy atom. The Kier molecular flexibility index (Phi) is 17.6. The standard InChI is InChI=1S/C63H63Cl2N3O2S2/c1-2-59(69)61-55(47-34-36-56(64)57(65)44-47)45-54-35-37-58(61)68(54)40-21-39-67(41-43-72-63(51-28-15-6-16-29-51,52-30-17-7-18-31-52)53-32-19-8-20-33-53)46-60(70)66-38-42-71-62(48-22-9-3-10-23-48,49-24-11-4-12-25-49)50-26-13-5-14-27-50/h3-20,22-34,36,44,54,58H,2,21,35,37-43,45-46H2,1H3,(H,66,70)/t54-,58+/m0/s1. The molecule has 9 rings (SSSR count). The molecular formula is C63H63Cl2N3O2S2. The summed E-state index contributed by atoms with van der Waals surface area (Å²) in [6.45, 7) is 5.07. The Morgan fingerprint density at radius 3 is 1.50 bits per heavy atom. The van der Waals surface area contributed by atoms with Gasteiger partial charge < -0.3 is 5.32 Å². The minimum atomic E-state index is -0.467. The van der Waals surface area contributed by atoms with Crippen LogP contribution in [0.4, 0.5) is 0 Å². The van der Waals surface area contributed by atoms with E-state index in [0.29, 0.717) is 41.4 Å². The number of thioether (sulfide) groups is 2. The van der Waals surface area contributed by atoms with Crippen molar-refractivity contribution in [3.05, 3.63) is 255 Å². The van der Waals surface area contributed by atoms with E-state index >= 15 is 0 Å². The number of halogens is 2. The number of carbonyl (C=O) groups is 2. The summed E-state index contributed by atoms with van der Waals surface area (Å²) in [5.41, 5.74) is 10.3. The highest BCUT2D eigenvalue weighted by Gasteiger charge is 2.43. The van der Waals surface area contributed by atoms with Gasteiger partial charge in [-0.1, -0.05) is 218 Å². The van der Waals surface area contributed by atoms with Crippen LogP contribution in [0.1, 0.15) is 78.0 Å². The van der Waals surface area contributed by atoms with E-state index in [1.165, 1.54) is 33.4 Å². The quantitative estimate of drug-likeness (QED) is 0.0509. The molecule has 2 atom stereocenters. The van der Waals surface area contributed by atoms with Gasteiger partial charge in [-0.05, 0) is 88.9 Å². The topological polar surface area (TPSA) is 52.7 Å². The number of hydrogen-bond donors (Lipinski definition) is 1. The number of nitrogens with zero attached hydrogens (tertiary/aromatic N) is 2. The van der Waals surface area contributed by atoms with Crippen molar-refractivity contribution >= 4 is 64.0 Å². The van der Waals surface area contributed by atoms with Crippen molar-refractivity contribution in [2.45, 2.75) is 60.6 Å². The summed E-state index contributed by atoms with van der Waals surface area (Å²) >= 11 is 16.7. The predicted octanol–water partition coefficient (Wildman–Crippen LogP) is 14.2. The van der Waals surface area contributed by atoms with E-state index in [4.69, 9.17) is 23.2 Å². The van der Waals surface area contributed by atoms with E-state index in [1.54, 1.807) is 0 Å². The molecule has 7 aromatic carbocycles. The summed E-state index contributed by atoms with van der Waals surface area (Å²) in [4.78, 5) is 33.1. The van der Waals surface area contributed by atoms with Crippen LogP contribution >= 0.6 is 46.7 Å². The summed E-state index contributed by atoms with van der Waals surface area (Å²) in [5, 5.41) is 4.39. The van der Waals surface area contributed by atoms with Crippen LogP contribution in [-0.2, 0) is 19.1 Å². The zero-order valence-electron chi connectivity index (χ0n) is 41.0. The number of rotatable bonds is 23. The molecule has 2 bridgehead atoms. The molecule has 72 heavy (non-hydrogen) atoms. The molecule has 5 nitrogen and oxygen atoms in total. The molecule has 0 saturated carbocycles. The van der Waals surface area contributed by atoms with Gasteiger partial charge in [0.1, 0.15) is 0 Å². The van der Waals surface area contributed by atoms with Gasteiger partial charge in [0, 0.05) is 55.2 Å². The molecule has 0 aliphatic carbocycles. The summed E-state index contributed by atoms with van der Waals surface area (Å²) in [6, 6.07) is 70.8. The SMILES string of the molecule is CCC(=O)C1=C(c2ccc(Cl)c(Cl)c2)C[C@@H]2CC[C@H]1N2CCCN(CCSC(c1ccccc1)(c1ccccc1)c1ccccc1)CC(=O)NCCSC(c1ccccc1)(c1ccccc1)c1ccccc1. The number of carbonyl (C=O) groups excluding carboxylic acids is 2. The van der Waals surface area contributed by atoms with E-state index in [2.05, 4.69) is 197 Å². The van der Waals surface area contributed by atoms with Crippen molar-refractivity contribution < 1.29 is 9.59 Å². The summed E-state index contributed by atoms with van der Waals surface area (Å²) in [6.07, 6.45) is 4.12. The van der Waals surface area contributed by atoms with Crippen molar-refractivity contribution in [1.82, 2.24) is 15.1 Å². The number of benzene rings is 7. The zero-order chi connectivity index (χ0) is 49.8. The highest BCUT2D eigenvalue weighted by molar-refractivity contribution is 8.00. The third kappa shape index (κ3) is 11.4. The monoisotopic (exact) mass is 1030 g/mol. The fraction of sp³-hybridized carbons (Fsp3) is 0.270. The molecular weight excluding hydrogens is 966 g/mol. The summed E-state index contributed by atoms with van der Waals surface area (Å²) < 4.78 is -0.931. The second-order valence-electron chi connectivity index (χ2n) is 18.7. The lowest BCUT2D eigenvalue weighted by Crippen LogP contribution is -2.45. The fourth-order valence-electron chi connectivity index (χ4n) is 11.1. The lowest BCUT2D eigenvalue weighted by Gasteiger charge is -2.38. The van der Waals surface area contributed by atoms with E-state index < -0.39 is 9.49 Å². The van der Waals surface area contributed by atoms with E-state index in [1.807, 2.05) is 48.6 Å². The van der Waals surface area contributed by atoms with Crippen LogP contribution in [0.25, 0.3) is 5.57 Å². The van der Waals surface area contributed by atoms with Crippen molar-refractivity contribution in [2.75, 3.05) is 44.2 Å². The van der Waals surface area contributed by atoms with Crippen molar-refractivity contribution in [2.24, 2.45) is 0 Å². The Labute approximate surface area is 445 Å². The molecule has 0 radical (unpaired) electrons. The minimum absolute atomic E-state index is 0.0221. The number of amides is 1. The average molecular weight is 1030 g/mol. The van der Waals surface area contributed by atoms with Crippen LogP contribution in [-0.4, -0.2) is 77.8 Å². The number of fused-ring (bicyclic) bond motifs is 2. The van der Waals surface area contributed by atoms with E-state index in [9.17, 15) is 9.59 Å². The van der Waals surface area contributed by atoms with Gasteiger partial charge in [-0.2, -0.15) is 0 Å². The molecule has 1 fully saturated rings. The number of ketones is 1. The molecule has 1 saturated heterocycles. The summed E-state index contributed by atoms with van der Waals surface area (Å²) in [5.74, 6) is 1.72. The molecule has 2 aliphatic rings. The number of nitrogens with one attached hydrogen (secondary N) is 1. The molecule has 1 amide bonds. The van der Waals surface area contributed by atoms with Crippen LogP contribution in [0.2, 0.25) is 10.0 Å². The van der Waals surface area contributed by atoms with E-state index in [0.717, 1.165) is 61.2 Å². The fourth-order valence-corrected chi connectivity index (χ4v) is 14.4. The van der Waals surface area contributed by atoms with Crippen LogP contribution in [0.15, 0.2) is 206 Å². The lowest BCUT2D eigenvalue weighted by molar-refractivity contribution is -0.122. The Balaban J connectivity index is 0.946. The highest BCUT2D eigenvalue weighted by Crippen LogP contribution is 2.50. The normalized spacial score (nSPS) is 16.0. The lowest BCUT2D eigenvalue weighted by atomic mass is 9.84. The van der Waals surface area contributed by atoms with Gasteiger partial charge in [0.15, 0.2) is 5.78 Å². The maximum Gasteiger partial charge on any atom is 0.234 e. The maximum absolute atomic E-state index is 14.3. The van der Waals surface area contributed by atoms with E-state index in [-0.39, 0.29) is 24.3 Å². The van der Waals surface area contributed by atoms with Gasteiger partial charge in [0.25, 0.3) is 0 Å². The molecule has 0 spiro atoms. The van der Waals surface area contributed by atoms with Gasteiger partial charge in [-0.3, -0.25) is 19.4 Å². The Bertz CT molecular complexity index is 2700. The first-order valence-corrected chi connectivity index (χ1v) is 28.1. The molecule has 1 N–H and O–H groups in total. The third-order valence-electron chi connectivity index (χ3n) is 14.4. The molecule has 9 heteroatoms. The first kappa shape index (κ1) is 51.5. The van der Waals surface area contributed by atoms with Crippen molar-refractivity contribution in [3.63, 3.8) is 0 Å². The molecule has 368 valence electrons. The second-order valence-corrected chi connectivity index (χ2v) is 22.2. The van der Waals surface area contributed by atoms with Crippen LogP contribution in [0.5, 0.6) is 0 Å². The smallest absolute Gasteiger partial charge is 0.234 e. The maximum atomic E-state index is 14.3. The van der Waals surface area contributed by atoms with Gasteiger partial charge in [0.2, 0.25) is 5.91 Å². The first-order valence-electron chi connectivity index (χ1n) is 25.4. The first-order chi connectivity index (χ1) is 35.3. The minimum Gasteiger partial charge on any atom is -0.354 e. The Hall–Kier alpha value is -5.38. The molecule has 2 heterocycles. The highest BCUT2D eigenvalue weighted by atomic mass is 35.5. The predicted molar refractivity (Wildman–Crippen MR) is 304 cm³/mol. The van der Waals surface area contributed by atoms with Crippen molar-refractivity contribution in [3.8, 4) is 0 Å². The van der Waals surface area contributed by atoms with Gasteiger partial charge in [-0.25, -0.2) is 0 Å². The van der Waals surface area contributed by atoms with Crippen LogP contribution in [0.3, 0.4) is 0 Å². The number of hydrogen-bond acceptors (Lipinski definition) is 6. The van der Waals surface area contributed by atoms with Gasteiger partial charge in [-0.15, -0.1) is 23.5 Å². The second kappa shape index (κ2) is 24.6. The molecule has 2 aliphatic heterocycles. The third-order valence-corrected chi connectivity index (χ3v) is 18.3. The molecule has 0 unspecified atom stereocenters. The zero-order valence-corrected chi connectivity index (χ0v) is 44.1. The van der Waals surface area contributed by atoms with Crippen molar-refractivity contribution in [1.29, 1.82) is 0 Å². The van der Waals surface area contributed by atoms with Crippen LogP contribution in [0, 0.1) is 0 Å².